The Kier molecular flexibility index (Phi) is 4.94. The van der Waals surface area contributed by atoms with E-state index in [4.69, 9.17) is 0 Å². The highest BCUT2D eigenvalue weighted by Gasteiger charge is 2.14. The highest BCUT2D eigenvalue weighted by atomic mass is 79.9. The zero-order valence-corrected chi connectivity index (χ0v) is 13.6. The highest BCUT2D eigenvalue weighted by Crippen LogP contribution is 2.22. The highest BCUT2D eigenvalue weighted by molar-refractivity contribution is 9.10. The number of nitrogens with zero attached hydrogens (tertiary/aromatic N) is 3. The van der Waals surface area contributed by atoms with Crippen LogP contribution in [0.2, 0.25) is 0 Å². The first-order valence-electron chi connectivity index (χ1n) is 6.66. The van der Waals surface area contributed by atoms with E-state index in [1.54, 1.807) is 0 Å². The van der Waals surface area contributed by atoms with E-state index in [9.17, 15) is 4.39 Å². The number of benzene rings is 1. The van der Waals surface area contributed by atoms with E-state index >= 15 is 0 Å². The molecule has 0 aliphatic heterocycles. The maximum Gasteiger partial charge on any atom is 0.123 e. The molecule has 0 radical (unpaired) electrons. The zero-order chi connectivity index (χ0) is 14.7. The zero-order valence-electron chi connectivity index (χ0n) is 12.0. The van der Waals surface area contributed by atoms with Crippen molar-refractivity contribution in [2.24, 2.45) is 0 Å². The Bertz CT molecular complexity index is 578. The molecule has 0 fully saturated rings. The van der Waals surface area contributed by atoms with Crippen LogP contribution in [0.4, 0.5) is 4.39 Å². The Balaban J connectivity index is 2.08. The van der Waals surface area contributed by atoms with E-state index in [0.717, 1.165) is 35.4 Å². The molecule has 2 aromatic rings. The minimum absolute atomic E-state index is 0.196. The molecule has 20 heavy (non-hydrogen) atoms. The van der Waals surface area contributed by atoms with Crippen LogP contribution >= 0.6 is 15.9 Å². The fraction of sp³-hybridized carbons (Fsp3) is 0.400. The summed E-state index contributed by atoms with van der Waals surface area (Å²) in [4.78, 5) is 2.20. The quantitative estimate of drug-likeness (QED) is 0.827. The fourth-order valence-corrected chi connectivity index (χ4v) is 2.64. The Morgan fingerprint density at radius 3 is 2.50 bits per heavy atom. The van der Waals surface area contributed by atoms with Crippen LogP contribution in [0.1, 0.15) is 23.9 Å². The summed E-state index contributed by atoms with van der Waals surface area (Å²) in [5, 5.41) is 4.49. The molecule has 0 saturated carbocycles. The number of hydrogen-bond acceptors (Lipinski definition) is 2. The molecule has 0 aliphatic rings. The van der Waals surface area contributed by atoms with E-state index in [2.05, 4.69) is 39.9 Å². The van der Waals surface area contributed by atoms with Gasteiger partial charge in [-0.2, -0.15) is 5.10 Å². The van der Waals surface area contributed by atoms with E-state index in [0.29, 0.717) is 0 Å². The van der Waals surface area contributed by atoms with Gasteiger partial charge in [-0.05, 0) is 54.5 Å². The first kappa shape index (κ1) is 15.2. The molecule has 2 rings (SSSR count). The van der Waals surface area contributed by atoms with Crippen molar-refractivity contribution in [1.29, 1.82) is 0 Å². The lowest BCUT2D eigenvalue weighted by Gasteiger charge is -2.17. The van der Waals surface area contributed by atoms with Gasteiger partial charge in [0, 0.05) is 19.6 Å². The standard InChI is InChI=1S/C15H19BrFN3/c1-4-20-14(15(16)11(2)18-20)10-19(3)9-12-5-7-13(17)8-6-12/h5-8H,4,9-10H2,1-3H3. The molecule has 0 aliphatic carbocycles. The molecule has 5 heteroatoms. The summed E-state index contributed by atoms with van der Waals surface area (Å²) in [6.07, 6.45) is 0. The summed E-state index contributed by atoms with van der Waals surface area (Å²) < 4.78 is 16.0. The lowest BCUT2D eigenvalue weighted by atomic mass is 10.2. The lowest BCUT2D eigenvalue weighted by molar-refractivity contribution is 0.306. The normalized spacial score (nSPS) is 11.3. The van der Waals surface area contributed by atoms with Gasteiger partial charge in [-0.3, -0.25) is 9.58 Å². The van der Waals surface area contributed by atoms with Crippen LogP contribution < -0.4 is 0 Å². The van der Waals surface area contributed by atoms with Gasteiger partial charge < -0.3 is 0 Å². The van der Waals surface area contributed by atoms with Crippen LogP contribution in [0.25, 0.3) is 0 Å². The maximum atomic E-state index is 12.9. The van der Waals surface area contributed by atoms with Gasteiger partial charge in [0.25, 0.3) is 0 Å². The van der Waals surface area contributed by atoms with Gasteiger partial charge in [0.15, 0.2) is 0 Å². The number of aromatic nitrogens is 2. The van der Waals surface area contributed by atoms with Crippen LogP contribution in [-0.4, -0.2) is 21.7 Å². The fourth-order valence-electron chi connectivity index (χ4n) is 2.23. The van der Waals surface area contributed by atoms with E-state index in [-0.39, 0.29) is 5.82 Å². The van der Waals surface area contributed by atoms with Crippen LogP contribution in [0.5, 0.6) is 0 Å². The van der Waals surface area contributed by atoms with Gasteiger partial charge in [-0.1, -0.05) is 12.1 Å². The molecule has 3 nitrogen and oxygen atoms in total. The summed E-state index contributed by atoms with van der Waals surface area (Å²) >= 11 is 3.61. The largest absolute Gasteiger partial charge is 0.296 e. The molecule has 0 N–H and O–H groups in total. The van der Waals surface area contributed by atoms with Crippen molar-refractivity contribution in [2.45, 2.75) is 33.5 Å². The first-order valence-corrected chi connectivity index (χ1v) is 7.45. The van der Waals surface area contributed by atoms with Crippen molar-refractivity contribution >= 4 is 15.9 Å². The molecule has 0 amide bonds. The van der Waals surface area contributed by atoms with Gasteiger partial charge in [-0.15, -0.1) is 0 Å². The van der Waals surface area contributed by atoms with Crippen LogP contribution in [-0.2, 0) is 19.6 Å². The molecule has 0 saturated heterocycles. The van der Waals surface area contributed by atoms with Crippen LogP contribution in [0.15, 0.2) is 28.7 Å². The van der Waals surface area contributed by atoms with Crippen molar-refractivity contribution in [3.8, 4) is 0 Å². The van der Waals surface area contributed by atoms with Crippen molar-refractivity contribution in [1.82, 2.24) is 14.7 Å². The van der Waals surface area contributed by atoms with Gasteiger partial charge in [0.2, 0.25) is 0 Å². The monoisotopic (exact) mass is 339 g/mol. The summed E-state index contributed by atoms with van der Waals surface area (Å²) in [5.74, 6) is -0.196. The predicted molar refractivity (Wildman–Crippen MR) is 81.9 cm³/mol. The Labute approximate surface area is 127 Å². The SMILES string of the molecule is CCn1nc(C)c(Br)c1CN(C)Cc1ccc(F)cc1. The molecule has 0 spiro atoms. The third-order valence-electron chi connectivity index (χ3n) is 3.24. The predicted octanol–water partition coefficient (Wildman–Crippen LogP) is 3.75. The Morgan fingerprint density at radius 2 is 1.90 bits per heavy atom. The number of aryl methyl sites for hydroxylation is 2. The van der Waals surface area contributed by atoms with Crippen LogP contribution in [0, 0.1) is 12.7 Å². The molecule has 108 valence electrons. The molecule has 1 aromatic heterocycles. The topological polar surface area (TPSA) is 21.1 Å². The summed E-state index contributed by atoms with van der Waals surface area (Å²) in [5.41, 5.74) is 3.29. The second-order valence-electron chi connectivity index (χ2n) is 4.96. The molecule has 0 atom stereocenters. The van der Waals surface area contributed by atoms with Gasteiger partial charge >= 0.3 is 0 Å². The Hall–Kier alpha value is -1.20. The van der Waals surface area contributed by atoms with Crippen molar-refractivity contribution in [3.63, 3.8) is 0 Å². The van der Waals surface area contributed by atoms with Gasteiger partial charge in [-0.25, -0.2) is 4.39 Å². The smallest absolute Gasteiger partial charge is 0.123 e. The number of rotatable bonds is 5. The average molecular weight is 340 g/mol. The van der Waals surface area contributed by atoms with E-state index < -0.39 is 0 Å². The second kappa shape index (κ2) is 6.50. The second-order valence-corrected chi connectivity index (χ2v) is 5.75. The number of halogens is 2. The number of hydrogen-bond donors (Lipinski definition) is 0. The third kappa shape index (κ3) is 3.46. The minimum atomic E-state index is -0.196. The summed E-state index contributed by atoms with van der Waals surface area (Å²) in [7, 11) is 2.05. The van der Waals surface area contributed by atoms with Crippen molar-refractivity contribution < 1.29 is 4.39 Å². The molecule has 1 aromatic carbocycles. The molecule has 0 unspecified atom stereocenters. The third-order valence-corrected chi connectivity index (χ3v) is 4.27. The summed E-state index contributed by atoms with van der Waals surface area (Å²) in [6.45, 7) is 6.52. The Morgan fingerprint density at radius 1 is 1.25 bits per heavy atom. The lowest BCUT2D eigenvalue weighted by Crippen LogP contribution is -2.20. The first-order chi connectivity index (χ1) is 9.51. The minimum Gasteiger partial charge on any atom is -0.296 e. The van der Waals surface area contributed by atoms with Gasteiger partial charge in [0.1, 0.15) is 5.82 Å². The molecular weight excluding hydrogens is 321 g/mol. The molecule has 1 heterocycles. The average Bonchev–Trinajstić information content (AvgIpc) is 2.69. The maximum absolute atomic E-state index is 12.9. The van der Waals surface area contributed by atoms with E-state index in [1.165, 1.54) is 17.8 Å². The van der Waals surface area contributed by atoms with Crippen molar-refractivity contribution in [2.75, 3.05) is 7.05 Å². The van der Waals surface area contributed by atoms with E-state index in [1.807, 2.05) is 23.7 Å². The molecular formula is C15H19BrFN3. The van der Waals surface area contributed by atoms with Gasteiger partial charge in [0.05, 0.1) is 15.9 Å². The van der Waals surface area contributed by atoms with Crippen LogP contribution in [0.3, 0.4) is 0 Å². The molecule has 0 bridgehead atoms. The summed E-state index contributed by atoms with van der Waals surface area (Å²) in [6, 6.07) is 6.64. The van der Waals surface area contributed by atoms with Crippen molar-refractivity contribution in [3.05, 3.63) is 51.5 Å².